The summed E-state index contributed by atoms with van der Waals surface area (Å²) in [5, 5.41) is 9.95. The highest BCUT2D eigenvalue weighted by atomic mass is 32.2. The molecule has 1 aliphatic heterocycles. The first-order chi connectivity index (χ1) is 6.98. The molecule has 2 unspecified atom stereocenters. The fraction of sp³-hybridized carbons (Fsp3) is 1.00. The molecule has 1 heterocycles. The number of hydrogen-bond acceptors (Lipinski definition) is 3. The lowest BCUT2D eigenvalue weighted by molar-refractivity contribution is 0.0905. The van der Waals surface area contributed by atoms with Crippen LogP contribution < -0.4 is 0 Å². The van der Waals surface area contributed by atoms with Crippen LogP contribution in [0.15, 0.2) is 0 Å². The molecule has 90 valence electrons. The lowest BCUT2D eigenvalue weighted by Crippen LogP contribution is -2.24. The molecule has 1 rings (SSSR count). The number of rotatable bonds is 5. The molecule has 0 saturated carbocycles. The molecular weight excluding hydrogens is 212 g/mol. The number of hydrogen-bond donors (Lipinski definition) is 1. The zero-order valence-electron chi connectivity index (χ0n) is 9.65. The average Bonchev–Trinajstić information content (AvgIpc) is 2.55. The highest BCUT2D eigenvalue weighted by Crippen LogP contribution is 2.27. The second kappa shape index (κ2) is 5.30. The van der Waals surface area contributed by atoms with Crippen molar-refractivity contribution in [3.8, 4) is 0 Å². The minimum Gasteiger partial charge on any atom is -0.393 e. The van der Waals surface area contributed by atoms with E-state index in [1.807, 2.05) is 0 Å². The highest BCUT2D eigenvalue weighted by molar-refractivity contribution is 7.91. The van der Waals surface area contributed by atoms with Crippen molar-refractivity contribution in [2.24, 2.45) is 11.8 Å². The summed E-state index contributed by atoms with van der Waals surface area (Å²) in [4.78, 5) is 0. The summed E-state index contributed by atoms with van der Waals surface area (Å²) >= 11 is 0. The Balaban J connectivity index is 2.44. The molecule has 1 N–H and O–H groups in total. The Labute approximate surface area is 92.8 Å². The van der Waals surface area contributed by atoms with Crippen molar-refractivity contribution in [2.45, 2.75) is 45.6 Å². The van der Waals surface area contributed by atoms with E-state index >= 15 is 0 Å². The maximum Gasteiger partial charge on any atom is 0.150 e. The van der Waals surface area contributed by atoms with Gasteiger partial charge in [0.15, 0.2) is 9.84 Å². The Morgan fingerprint density at radius 1 is 1.33 bits per heavy atom. The molecule has 2 atom stereocenters. The van der Waals surface area contributed by atoms with Gasteiger partial charge in [0.2, 0.25) is 0 Å². The fourth-order valence-electron chi connectivity index (χ4n) is 2.28. The third kappa shape index (κ3) is 3.76. The summed E-state index contributed by atoms with van der Waals surface area (Å²) in [5.41, 5.74) is 0. The Morgan fingerprint density at radius 3 is 2.33 bits per heavy atom. The molecule has 1 saturated heterocycles. The van der Waals surface area contributed by atoms with E-state index in [1.54, 1.807) is 0 Å². The zero-order valence-corrected chi connectivity index (χ0v) is 10.5. The van der Waals surface area contributed by atoms with Crippen LogP contribution in [0.25, 0.3) is 0 Å². The molecule has 1 fully saturated rings. The van der Waals surface area contributed by atoms with E-state index in [9.17, 15) is 13.5 Å². The standard InChI is InChI=1S/C11H22O3S/c1-3-9(4-2)7-11(12)10-5-6-15(13,14)8-10/h9-12H,3-8H2,1-2H3. The van der Waals surface area contributed by atoms with Gasteiger partial charge in [-0.15, -0.1) is 0 Å². The lowest BCUT2D eigenvalue weighted by Gasteiger charge is -2.21. The van der Waals surface area contributed by atoms with Crippen molar-refractivity contribution in [3.63, 3.8) is 0 Å². The van der Waals surface area contributed by atoms with Crippen LogP contribution in [-0.4, -0.2) is 31.1 Å². The van der Waals surface area contributed by atoms with Crippen LogP contribution in [0, 0.1) is 11.8 Å². The van der Waals surface area contributed by atoms with E-state index in [-0.39, 0.29) is 17.4 Å². The fourth-order valence-corrected chi connectivity index (χ4v) is 4.15. The SMILES string of the molecule is CCC(CC)CC(O)C1CCS(=O)(=O)C1. The summed E-state index contributed by atoms with van der Waals surface area (Å²) < 4.78 is 22.5. The lowest BCUT2D eigenvalue weighted by atomic mass is 9.89. The third-order valence-electron chi connectivity index (χ3n) is 3.54. The second-order valence-electron chi connectivity index (χ2n) is 4.65. The Morgan fingerprint density at radius 2 is 1.93 bits per heavy atom. The van der Waals surface area contributed by atoms with Crippen molar-refractivity contribution in [1.82, 2.24) is 0 Å². The normalized spacial score (nSPS) is 27.1. The largest absolute Gasteiger partial charge is 0.393 e. The van der Waals surface area contributed by atoms with Crippen LogP contribution in [0.2, 0.25) is 0 Å². The third-order valence-corrected chi connectivity index (χ3v) is 5.34. The van der Waals surface area contributed by atoms with Gasteiger partial charge in [-0.1, -0.05) is 26.7 Å². The smallest absolute Gasteiger partial charge is 0.150 e. The van der Waals surface area contributed by atoms with Crippen molar-refractivity contribution in [3.05, 3.63) is 0 Å². The maximum absolute atomic E-state index is 11.3. The number of aliphatic hydroxyl groups excluding tert-OH is 1. The van der Waals surface area contributed by atoms with Gasteiger partial charge in [-0.2, -0.15) is 0 Å². The van der Waals surface area contributed by atoms with E-state index in [4.69, 9.17) is 0 Å². The van der Waals surface area contributed by atoms with Crippen molar-refractivity contribution < 1.29 is 13.5 Å². The van der Waals surface area contributed by atoms with E-state index in [1.165, 1.54) is 0 Å². The average molecular weight is 234 g/mol. The van der Waals surface area contributed by atoms with E-state index in [0.29, 0.717) is 12.3 Å². The van der Waals surface area contributed by atoms with Crippen molar-refractivity contribution in [2.75, 3.05) is 11.5 Å². The van der Waals surface area contributed by atoms with E-state index in [2.05, 4.69) is 13.8 Å². The van der Waals surface area contributed by atoms with Crippen LogP contribution in [-0.2, 0) is 9.84 Å². The molecule has 4 heteroatoms. The quantitative estimate of drug-likeness (QED) is 0.786. The zero-order chi connectivity index (χ0) is 11.5. The van der Waals surface area contributed by atoms with Crippen LogP contribution in [0.5, 0.6) is 0 Å². The second-order valence-corrected chi connectivity index (χ2v) is 6.88. The molecule has 0 bridgehead atoms. The van der Waals surface area contributed by atoms with Gasteiger partial charge in [-0.3, -0.25) is 0 Å². The summed E-state index contributed by atoms with van der Waals surface area (Å²) in [7, 11) is -2.85. The van der Waals surface area contributed by atoms with E-state index < -0.39 is 15.9 Å². The molecule has 0 aromatic heterocycles. The minimum atomic E-state index is -2.85. The van der Waals surface area contributed by atoms with Crippen molar-refractivity contribution in [1.29, 1.82) is 0 Å². The van der Waals surface area contributed by atoms with Crippen LogP contribution in [0.3, 0.4) is 0 Å². The predicted octanol–water partition coefficient (Wildman–Crippen LogP) is 1.61. The molecule has 0 radical (unpaired) electrons. The van der Waals surface area contributed by atoms with Crippen molar-refractivity contribution >= 4 is 9.84 Å². The van der Waals surface area contributed by atoms with Crippen LogP contribution in [0.1, 0.15) is 39.5 Å². The molecule has 3 nitrogen and oxygen atoms in total. The monoisotopic (exact) mass is 234 g/mol. The van der Waals surface area contributed by atoms with Crippen LogP contribution >= 0.6 is 0 Å². The minimum absolute atomic E-state index is 0.0180. The molecule has 0 aromatic carbocycles. The number of sulfone groups is 1. The first-order valence-electron chi connectivity index (χ1n) is 5.87. The molecule has 0 spiro atoms. The first kappa shape index (κ1) is 13.0. The summed E-state index contributed by atoms with van der Waals surface area (Å²) in [5.74, 6) is 0.963. The van der Waals surface area contributed by atoms with Gasteiger partial charge in [0, 0.05) is 0 Å². The summed E-state index contributed by atoms with van der Waals surface area (Å²) in [6, 6.07) is 0. The highest BCUT2D eigenvalue weighted by Gasteiger charge is 2.33. The molecular formula is C11H22O3S. The van der Waals surface area contributed by atoms with Gasteiger partial charge in [0.1, 0.15) is 0 Å². The predicted molar refractivity (Wildman–Crippen MR) is 61.5 cm³/mol. The van der Waals surface area contributed by atoms with E-state index in [0.717, 1.165) is 19.3 Å². The van der Waals surface area contributed by atoms with Gasteiger partial charge in [0.05, 0.1) is 17.6 Å². The van der Waals surface area contributed by atoms with Gasteiger partial charge < -0.3 is 5.11 Å². The van der Waals surface area contributed by atoms with Gasteiger partial charge in [-0.25, -0.2) is 8.42 Å². The number of aliphatic hydroxyl groups is 1. The Bertz CT molecular complexity index is 280. The van der Waals surface area contributed by atoms with Crippen LogP contribution in [0.4, 0.5) is 0 Å². The summed E-state index contributed by atoms with van der Waals surface area (Å²) in [6.07, 6.45) is 3.10. The summed E-state index contributed by atoms with van der Waals surface area (Å²) in [6.45, 7) is 4.23. The topological polar surface area (TPSA) is 54.4 Å². The van der Waals surface area contributed by atoms with Gasteiger partial charge >= 0.3 is 0 Å². The molecule has 15 heavy (non-hydrogen) atoms. The molecule has 0 aliphatic carbocycles. The van der Waals surface area contributed by atoms with Gasteiger partial charge in [-0.05, 0) is 24.7 Å². The molecule has 0 aromatic rings. The Hall–Kier alpha value is -0.0900. The maximum atomic E-state index is 11.3. The molecule has 0 amide bonds. The van der Waals surface area contributed by atoms with Gasteiger partial charge in [0.25, 0.3) is 0 Å². The molecule has 1 aliphatic rings. The Kier molecular flexibility index (Phi) is 4.59. The first-order valence-corrected chi connectivity index (χ1v) is 7.69.